The van der Waals surface area contributed by atoms with Gasteiger partial charge in [0.1, 0.15) is 10.9 Å². The number of hydrogen-bond donors (Lipinski definition) is 1. The first-order chi connectivity index (χ1) is 8.61. The quantitative estimate of drug-likeness (QED) is 0.889. The zero-order chi connectivity index (χ0) is 13.1. The molecule has 0 aliphatic heterocycles. The van der Waals surface area contributed by atoms with Crippen LogP contribution in [0.1, 0.15) is 19.0 Å². The molecule has 0 fully saturated rings. The number of hydrogen-bond acceptors (Lipinski definition) is 3. The summed E-state index contributed by atoms with van der Waals surface area (Å²) in [6, 6.07) is 5.59. The minimum absolute atomic E-state index is 0.173. The summed E-state index contributed by atoms with van der Waals surface area (Å²) in [7, 11) is -1.44. The minimum atomic E-state index is -1.44. The van der Waals surface area contributed by atoms with Crippen LogP contribution in [0, 0.1) is 0 Å². The second-order valence-corrected chi connectivity index (χ2v) is 5.58. The Labute approximate surface area is 107 Å². The van der Waals surface area contributed by atoms with Crippen molar-refractivity contribution in [3.63, 3.8) is 0 Å². The third-order valence-electron chi connectivity index (χ3n) is 2.67. The van der Waals surface area contributed by atoms with Crippen molar-refractivity contribution < 1.29 is 14.1 Å². The van der Waals surface area contributed by atoms with E-state index in [1.54, 1.807) is 13.1 Å². The van der Waals surface area contributed by atoms with Gasteiger partial charge < -0.3 is 9.51 Å². The molecule has 0 saturated heterocycles. The van der Waals surface area contributed by atoms with Gasteiger partial charge in [0.05, 0.1) is 11.4 Å². The molecular formula is C12H14N2O3S. The van der Waals surface area contributed by atoms with Gasteiger partial charge in [-0.05, 0) is 18.6 Å². The predicted molar refractivity (Wildman–Crippen MR) is 68.8 cm³/mol. The number of aliphatic carboxylic acids is 1. The van der Waals surface area contributed by atoms with Crippen molar-refractivity contribution in [3.05, 3.63) is 36.3 Å². The van der Waals surface area contributed by atoms with Gasteiger partial charge in [0, 0.05) is 23.2 Å². The molecule has 0 bridgehead atoms. The summed E-state index contributed by atoms with van der Waals surface area (Å²) in [5.74, 6) is -0.841. The van der Waals surface area contributed by atoms with Gasteiger partial charge in [0.2, 0.25) is 0 Å². The first-order valence-corrected chi connectivity index (χ1v) is 7.02. The molecule has 18 heavy (non-hydrogen) atoms. The van der Waals surface area contributed by atoms with Crippen LogP contribution in [0.4, 0.5) is 0 Å². The summed E-state index contributed by atoms with van der Waals surface area (Å²) in [5.41, 5.74) is 1.42. The number of aromatic nitrogens is 2. The van der Waals surface area contributed by atoms with Crippen LogP contribution in [0.25, 0.3) is 5.65 Å². The molecule has 0 saturated carbocycles. The highest BCUT2D eigenvalue weighted by Gasteiger charge is 2.23. The summed E-state index contributed by atoms with van der Waals surface area (Å²) in [6.07, 6.45) is 3.99. The van der Waals surface area contributed by atoms with E-state index in [-0.39, 0.29) is 5.75 Å². The number of carboxylic acids is 1. The Bertz CT molecular complexity index is 561. The Kier molecular flexibility index (Phi) is 3.76. The summed E-state index contributed by atoms with van der Waals surface area (Å²) < 4.78 is 13.8. The van der Waals surface area contributed by atoms with E-state index in [2.05, 4.69) is 4.98 Å². The predicted octanol–water partition coefficient (Wildman–Crippen LogP) is 1.45. The maximum atomic E-state index is 11.9. The lowest BCUT2D eigenvalue weighted by atomic mass is 10.3. The molecule has 1 N–H and O–H groups in total. The molecule has 0 aromatic carbocycles. The number of imidazole rings is 1. The van der Waals surface area contributed by atoms with Crippen LogP contribution >= 0.6 is 0 Å². The highest BCUT2D eigenvalue weighted by molar-refractivity contribution is 7.85. The molecule has 0 radical (unpaired) electrons. The molecule has 2 aromatic heterocycles. The van der Waals surface area contributed by atoms with Crippen molar-refractivity contribution in [2.45, 2.75) is 24.3 Å². The van der Waals surface area contributed by atoms with Gasteiger partial charge in [-0.25, -0.2) is 4.98 Å². The van der Waals surface area contributed by atoms with Gasteiger partial charge in [-0.15, -0.1) is 0 Å². The summed E-state index contributed by atoms with van der Waals surface area (Å²) >= 11 is 0. The SMILES string of the molecule is CCC(C(=O)O)S(=O)Cc1cn2ccccc2n1. The zero-order valence-electron chi connectivity index (χ0n) is 9.94. The van der Waals surface area contributed by atoms with E-state index in [9.17, 15) is 9.00 Å². The third kappa shape index (κ3) is 2.59. The fourth-order valence-corrected chi connectivity index (χ4v) is 3.00. The highest BCUT2D eigenvalue weighted by atomic mass is 32.2. The lowest BCUT2D eigenvalue weighted by Gasteiger charge is -2.07. The van der Waals surface area contributed by atoms with E-state index < -0.39 is 22.0 Å². The first-order valence-electron chi connectivity index (χ1n) is 5.64. The molecule has 0 amide bonds. The Morgan fingerprint density at radius 1 is 1.56 bits per heavy atom. The number of nitrogens with zero attached hydrogens (tertiary/aromatic N) is 2. The van der Waals surface area contributed by atoms with Crippen LogP contribution in [-0.2, 0) is 21.3 Å². The number of carboxylic acid groups (broad SMARTS) is 1. The Morgan fingerprint density at radius 3 is 2.94 bits per heavy atom. The molecule has 2 aromatic rings. The van der Waals surface area contributed by atoms with E-state index >= 15 is 0 Å². The van der Waals surface area contributed by atoms with E-state index in [0.717, 1.165) is 5.65 Å². The lowest BCUT2D eigenvalue weighted by molar-refractivity contribution is -0.136. The van der Waals surface area contributed by atoms with E-state index in [0.29, 0.717) is 12.1 Å². The van der Waals surface area contributed by atoms with Gasteiger partial charge in [0.15, 0.2) is 0 Å². The monoisotopic (exact) mass is 266 g/mol. The summed E-state index contributed by atoms with van der Waals surface area (Å²) in [5, 5.41) is 8.12. The van der Waals surface area contributed by atoms with Crippen molar-refractivity contribution in [2.24, 2.45) is 0 Å². The van der Waals surface area contributed by atoms with Crippen LogP contribution in [0.5, 0.6) is 0 Å². The number of carbonyl (C=O) groups is 1. The first kappa shape index (κ1) is 12.8. The fraction of sp³-hybridized carbons (Fsp3) is 0.333. The van der Waals surface area contributed by atoms with Gasteiger partial charge in [0.25, 0.3) is 0 Å². The van der Waals surface area contributed by atoms with Gasteiger partial charge in [-0.3, -0.25) is 9.00 Å². The van der Waals surface area contributed by atoms with Crippen molar-refractivity contribution in [1.29, 1.82) is 0 Å². The van der Waals surface area contributed by atoms with Crippen molar-refractivity contribution in [1.82, 2.24) is 9.38 Å². The molecule has 0 aliphatic carbocycles. The second kappa shape index (κ2) is 5.30. The van der Waals surface area contributed by atoms with Gasteiger partial charge in [-0.1, -0.05) is 13.0 Å². The average molecular weight is 266 g/mol. The van der Waals surface area contributed by atoms with E-state index in [1.165, 1.54) is 0 Å². The van der Waals surface area contributed by atoms with Crippen molar-refractivity contribution in [3.8, 4) is 0 Å². The zero-order valence-corrected chi connectivity index (χ0v) is 10.8. The normalized spacial score (nSPS) is 14.5. The standard InChI is InChI=1S/C12H14N2O3S/c1-2-10(12(15)16)18(17)8-9-7-14-6-4-3-5-11(14)13-9/h3-7,10H,2,8H2,1H3,(H,15,16). The second-order valence-electron chi connectivity index (χ2n) is 3.96. The van der Waals surface area contributed by atoms with Crippen LogP contribution in [0.15, 0.2) is 30.6 Å². The number of pyridine rings is 1. The number of fused-ring (bicyclic) bond motifs is 1. The molecule has 2 rings (SSSR count). The topological polar surface area (TPSA) is 71.7 Å². The van der Waals surface area contributed by atoms with Gasteiger partial charge in [-0.2, -0.15) is 0 Å². The molecule has 6 heteroatoms. The lowest BCUT2D eigenvalue weighted by Crippen LogP contribution is -2.25. The van der Waals surface area contributed by atoms with Crippen molar-refractivity contribution >= 4 is 22.4 Å². The molecule has 0 aliphatic rings. The maximum absolute atomic E-state index is 11.9. The van der Waals surface area contributed by atoms with Crippen LogP contribution in [0.2, 0.25) is 0 Å². The average Bonchev–Trinajstić information content (AvgIpc) is 2.71. The molecule has 2 atom stereocenters. The summed E-state index contributed by atoms with van der Waals surface area (Å²) in [6.45, 7) is 1.72. The Balaban J connectivity index is 2.18. The molecule has 96 valence electrons. The highest BCUT2D eigenvalue weighted by Crippen LogP contribution is 2.11. The smallest absolute Gasteiger partial charge is 0.319 e. The van der Waals surface area contributed by atoms with E-state index in [4.69, 9.17) is 5.11 Å². The molecule has 2 unspecified atom stereocenters. The Hall–Kier alpha value is -1.69. The third-order valence-corrected chi connectivity index (χ3v) is 4.42. The Morgan fingerprint density at radius 2 is 2.33 bits per heavy atom. The molecule has 5 nitrogen and oxygen atoms in total. The largest absolute Gasteiger partial charge is 0.480 e. The van der Waals surface area contributed by atoms with Crippen LogP contribution in [-0.4, -0.2) is 29.9 Å². The van der Waals surface area contributed by atoms with E-state index in [1.807, 2.05) is 28.8 Å². The van der Waals surface area contributed by atoms with Crippen LogP contribution in [0.3, 0.4) is 0 Å². The molecular weight excluding hydrogens is 252 g/mol. The van der Waals surface area contributed by atoms with Crippen LogP contribution < -0.4 is 0 Å². The maximum Gasteiger partial charge on any atom is 0.319 e. The minimum Gasteiger partial charge on any atom is -0.480 e. The van der Waals surface area contributed by atoms with Crippen molar-refractivity contribution in [2.75, 3.05) is 0 Å². The fourth-order valence-electron chi connectivity index (χ4n) is 1.78. The summed E-state index contributed by atoms with van der Waals surface area (Å²) in [4.78, 5) is 15.2. The molecule has 2 heterocycles. The molecule has 0 spiro atoms. The van der Waals surface area contributed by atoms with Gasteiger partial charge >= 0.3 is 5.97 Å². The number of rotatable bonds is 5.